The third-order valence-electron chi connectivity index (χ3n) is 12.1. The number of hydrogen-bond acceptors (Lipinski definition) is 6. The Kier molecular flexibility index (Phi) is 9.35. The normalized spacial score (nSPS) is 26.6. The van der Waals surface area contributed by atoms with E-state index in [0.717, 1.165) is 49.8 Å². The molecular formula is C39H45BF3N3O4. The number of carbonyl (C=O) groups excluding carboxylic acids is 2. The molecule has 11 heteroatoms. The number of pyridine rings is 1. The van der Waals surface area contributed by atoms with Crippen molar-refractivity contribution in [3.63, 3.8) is 0 Å². The molecule has 3 aromatic rings. The quantitative estimate of drug-likeness (QED) is 0.147. The molecule has 1 saturated heterocycles. The predicted octanol–water partition coefficient (Wildman–Crippen LogP) is 8.22. The predicted molar refractivity (Wildman–Crippen MR) is 186 cm³/mol. The van der Waals surface area contributed by atoms with E-state index in [4.69, 9.17) is 9.31 Å². The Morgan fingerprint density at radius 3 is 2.50 bits per heavy atom. The minimum absolute atomic E-state index is 0.0138. The maximum atomic E-state index is 14.3. The van der Waals surface area contributed by atoms with Crippen LogP contribution in [0.5, 0.6) is 0 Å². The molecule has 4 saturated carbocycles. The van der Waals surface area contributed by atoms with Crippen molar-refractivity contribution in [3.8, 4) is 0 Å². The van der Waals surface area contributed by atoms with Crippen LogP contribution in [0, 0.1) is 29.1 Å². The minimum Gasteiger partial charge on any atom is -0.404 e. The number of carbonyl (C=O) groups is 2. The fourth-order valence-corrected chi connectivity index (χ4v) is 8.83. The number of hydrogen-bond donors (Lipinski definition) is 2. The number of nitrogens with one attached hydrogen (secondary N) is 2. The molecule has 5 fully saturated rings. The molecule has 8 rings (SSSR count). The lowest BCUT2D eigenvalue weighted by Crippen LogP contribution is -2.65. The zero-order valence-corrected chi connectivity index (χ0v) is 28.8. The largest absolute Gasteiger partial charge is 0.481 e. The van der Waals surface area contributed by atoms with Gasteiger partial charge in [0.05, 0.1) is 28.8 Å². The summed E-state index contributed by atoms with van der Waals surface area (Å²) in [6.07, 6.45) is 3.36. The van der Waals surface area contributed by atoms with Gasteiger partial charge in [0.15, 0.2) is 5.78 Å². The fraction of sp³-hybridized carbons (Fsp3) is 0.513. The zero-order valence-electron chi connectivity index (χ0n) is 28.8. The highest BCUT2D eigenvalue weighted by molar-refractivity contribution is 6.48. The van der Waals surface area contributed by atoms with Gasteiger partial charge in [-0.25, -0.2) is 4.98 Å². The molecule has 2 heterocycles. The van der Waals surface area contributed by atoms with Crippen LogP contribution in [0.1, 0.15) is 87.2 Å². The molecule has 264 valence electrons. The maximum absolute atomic E-state index is 14.3. The average molecular weight is 688 g/mol. The number of aromatic nitrogens is 1. The Labute approximate surface area is 292 Å². The van der Waals surface area contributed by atoms with Gasteiger partial charge >= 0.3 is 13.3 Å². The summed E-state index contributed by atoms with van der Waals surface area (Å²) in [5, 5.41) is 6.20. The van der Waals surface area contributed by atoms with Crippen LogP contribution in [0.4, 0.5) is 24.7 Å². The molecule has 4 aliphatic carbocycles. The third-order valence-corrected chi connectivity index (χ3v) is 12.1. The second kappa shape index (κ2) is 13.5. The number of amides is 1. The molecule has 0 spiro atoms. The monoisotopic (exact) mass is 687 g/mol. The number of rotatable bonds is 12. The van der Waals surface area contributed by atoms with E-state index in [1.54, 1.807) is 12.1 Å². The van der Waals surface area contributed by atoms with Crippen molar-refractivity contribution >= 4 is 30.3 Å². The number of nitrogens with zero attached hydrogens (tertiary/aromatic N) is 1. The third kappa shape index (κ3) is 6.83. The smallest absolute Gasteiger partial charge is 0.404 e. The minimum atomic E-state index is -4.52. The Bertz CT molecular complexity index is 1720. The van der Waals surface area contributed by atoms with E-state index in [1.807, 2.05) is 30.3 Å². The van der Waals surface area contributed by atoms with Gasteiger partial charge in [0.2, 0.25) is 5.91 Å². The van der Waals surface area contributed by atoms with Gasteiger partial charge in [0.25, 0.3) is 0 Å². The molecule has 1 amide bonds. The highest BCUT2D eigenvalue weighted by Gasteiger charge is 2.68. The summed E-state index contributed by atoms with van der Waals surface area (Å²) in [5.41, 5.74) is 0.233. The van der Waals surface area contributed by atoms with Crippen LogP contribution in [0.25, 0.3) is 0 Å². The topological polar surface area (TPSA) is 89.5 Å². The standard InChI is InChI=1S/C39H45BF3N3O4/c1-37(2)28-22-32(37)38(3)33(23-28)49-40(50-38)34(19-25-12-7-13-25)46-36(48)26(18-24-10-5-4-6-11-24)20-31(47)30-16-9-17-44-35(30)45-29-15-8-14-27(21-29)39(41,42)43/h4-6,8-11,14-17,21,25-26,28,32-34H,7,12-13,18-20,22-23H2,1-3H3,(H,44,45)(H,46,48)/t26-,28+,32+,33-,34+,38+/m1/s1. The van der Waals surface area contributed by atoms with Crippen molar-refractivity contribution in [3.05, 3.63) is 89.6 Å². The summed E-state index contributed by atoms with van der Waals surface area (Å²) in [6, 6.07) is 17.5. The Morgan fingerprint density at radius 1 is 1.02 bits per heavy atom. The first kappa shape index (κ1) is 34.7. The summed E-state index contributed by atoms with van der Waals surface area (Å²) in [4.78, 5) is 32.6. The average Bonchev–Trinajstić information content (AvgIpc) is 3.43. The summed E-state index contributed by atoms with van der Waals surface area (Å²) in [6.45, 7) is 6.83. The number of ketones is 1. The summed E-state index contributed by atoms with van der Waals surface area (Å²) < 4.78 is 53.7. The van der Waals surface area contributed by atoms with Crippen molar-refractivity contribution in [2.45, 2.75) is 96.0 Å². The van der Waals surface area contributed by atoms with E-state index in [9.17, 15) is 22.8 Å². The SMILES string of the molecule is CC1(C)[C@@H]2C[C@H]3OB([C@H](CC4CCC4)NC(=O)[C@@H](CC(=O)c4cccnc4Nc4cccc(C(F)(F)F)c4)Cc4ccccc4)O[C@@]3(C)[C@H]1C2. The van der Waals surface area contributed by atoms with Crippen molar-refractivity contribution in [1.29, 1.82) is 0 Å². The first-order chi connectivity index (χ1) is 23.8. The van der Waals surface area contributed by atoms with Gasteiger partial charge in [-0.15, -0.1) is 0 Å². The van der Waals surface area contributed by atoms with Crippen molar-refractivity contribution in [1.82, 2.24) is 10.3 Å². The Morgan fingerprint density at radius 2 is 1.80 bits per heavy atom. The Balaban J connectivity index is 1.11. The molecule has 2 aromatic carbocycles. The number of benzene rings is 2. The Hall–Kier alpha value is -3.70. The molecule has 5 aliphatic rings. The molecule has 0 radical (unpaired) electrons. The van der Waals surface area contributed by atoms with Crippen LogP contribution in [-0.4, -0.2) is 41.4 Å². The fourth-order valence-electron chi connectivity index (χ4n) is 8.83. The van der Waals surface area contributed by atoms with Gasteiger partial charge < -0.3 is 19.9 Å². The van der Waals surface area contributed by atoms with Crippen molar-refractivity contribution in [2.24, 2.45) is 29.1 Å². The molecule has 6 atom stereocenters. The lowest BCUT2D eigenvalue weighted by molar-refractivity contribution is -0.199. The lowest BCUT2D eigenvalue weighted by Gasteiger charge is -2.64. The van der Waals surface area contributed by atoms with E-state index in [-0.39, 0.29) is 52.6 Å². The highest BCUT2D eigenvalue weighted by atomic mass is 19.4. The van der Waals surface area contributed by atoms with Gasteiger partial charge in [-0.3, -0.25) is 9.59 Å². The second-order valence-electron chi connectivity index (χ2n) is 15.6. The number of halogens is 3. The number of alkyl halides is 3. The first-order valence-electron chi connectivity index (χ1n) is 17.9. The van der Waals surface area contributed by atoms with Crippen molar-refractivity contribution < 1.29 is 32.1 Å². The lowest BCUT2D eigenvalue weighted by atomic mass is 9.43. The molecular weight excluding hydrogens is 642 g/mol. The summed E-state index contributed by atoms with van der Waals surface area (Å²) in [5.74, 6) is -0.0695. The van der Waals surface area contributed by atoms with Gasteiger partial charge in [-0.2, -0.15) is 13.2 Å². The molecule has 0 unspecified atom stereocenters. The van der Waals surface area contributed by atoms with Crippen LogP contribution in [-0.2, 0) is 26.7 Å². The molecule has 1 aliphatic heterocycles. The molecule has 2 N–H and O–H groups in total. The van der Waals surface area contributed by atoms with E-state index < -0.39 is 30.4 Å². The van der Waals surface area contributed by atoms with E-state index in [0.29, 0.717) is 24.2 Å². The van der Waals surface area contributed by atoms with Gasteiger partial charge in [0.1, 0.15) is 5.82 Å². The van der Waals surface area contributed by atoms with Gasteiger partial charge in [-0.1, -0.05) is 69.5 Å². The summed E-state index contributed by atoms with van der Waals surface area (Å²) >= 11 is 0. The zero-order chi connectivity index (χ0) is 35.3. The van der Waals surface area contributed by atoms with E-state index >= 15 is 0 Å². The first-order valence-corrected chi connectivity index (χ1v) is 17.9. The van der Waals surface area contributed by atoms with Crippen LogP contribution in [0.2, 0.25) is 0 Å². The van der Waals surface area contributed by atoms with Gasteiger partial charge in [-0.05, 0) is 91.7 Å². The van der Waals surface area contributed by atoms with Crippen molar-refractivity contribution in [2.75, 3.05) is 5.32 Å². The van der Waals surface area contributed by atoms with E-state index in [2.05, 4.69) is 36.4 Å². The number of anilines is 2. The van der Waals surface area contributed by atoms with Crippen LogP contribution < -0.4 is 10.6 Å². The molecule has 50 heavy (non-hydrogen) atoms. The maximum Gasteiger partial charge on any atom is 0.481 e. The van der Waals surface area contributed by atoms with Gasteiger partial charge in [0, 0.05) is 24.2 Å². The van der Waals surface area contributed by atoms with Crippen LogP contribution >= 0.6 is 0 Å². The second-order valence-corrected chi connectivity index (χ2v) is 15.6. The van der Waals surface area contributed by atoms with Crippen LogP contribution in [0.3, 0.4) is 0 Å². The number of Topliss-reactive ketones (excluding diaryl/α,β-unsaturated/α-hetero) is 1. The summed E-state index contributed by atoms with van der Waals surface area (Å²) in [7, 11) is -0.570. The van der Waals surface area contributed by atoms with Crippen LogP contribution in [0.15, 0.2) is 72.9 Å². The molecule has 7 nitrogen and oxygen atoms in total. The molecule has 1 aromatic heterocycles. The molecule has 2 bridgehead atoms. The highest BCUT2D eigenvalue weighted by Crippen LogP contribution is 2.65. The van der Waals surface area contributed by atoms with E-state index in [1.165, 1.54) is 24.8 Å².